The van der Waals surface area contributed by atoms with Gasteiger partial charge in [0.1, 0.15) is 0 Å². The van der Waals surface area contributed by atoms with Gasteiger partial charge in [-0.2, -0.15) is 0 Å². The first-order valence-electron chi connectivity index (χ1n) is 12.2. The van der Waals surface area contributed by atoms with Crippen LogP contribution in [0.1, 0.15) is 0 Å². The van der Waals surface area contributed by atoms with E-state index >= 15 is 0 Å². The van der Waals surface area contributed by atoms with Crippen LogP contribution < -0.4 is 21.2 Å². The summed E-state index contributed by atoms with van der Waals surface area (Å²) in [6.45, 7) is 1.79. The minimum Gasteiger partial charge on any atom is -0.0623 e. The summed E-state index contributed by atoms with van der Waals surface area (Å²) in [6, 6.07) is 31.3. The average molecular weight is 605 g/mol. The summed E-state index contributed by atoms with van der Waals surface area (Å²) < 4.78 is 16.8. The number of thioether (sulfide) groups is 1. The van der Waals surface area contributed by atoms with Gasteiger partial charge in [-0.3, -0.25) is 4.79 Å². The van der Waals surface area contributed by atoms with Crippen molar-refractivity contribution in [1.29, 1.82) is 0 Å². The maximum absolute atomic E-state index is 11.9. The second-order valence-corrected chi connectivity index (χ2v) is 18.7. The smallest absolute Gasteiger partial charge is 0.0623 e. The maximum atomic E-state index is 11.9. The van der Waals surface area contributed by atoms with Crippen LogP contribution in [-0.4, -0.2) is 62.2 Å². The van der Waals surface area contributed by atoms with Crippen molar-refractivity contribution in [1.82, 2.24) is 5.32 Å². The number of amides is 1. The Labute approximate surface area is 230 Å². The van der Waals surface area contributed by atoms with Crippen molar-refractivity contribution < 1.29 is 23.8 Å². The Morgan fingerprint density at radius 3 is 1.70 bits per heavy atom. The SMILES string of the molecule is O=C1N[C@H](C(=O)OCCOCCOCCP(Br)(c2ccccc2)(c2ccccc2)c2ccccc2)CS1. The molecule has 1 N–H and O–H groups in total. The van der Waals surface area contributed by atoms with Crippen LogP contribution in [0.4, 0.5) is 4.79 Å². The zero-order chi connectivity index (χ0) is 26.0. The van der Waals surface area contributed by atoms with Gasteiger partial charge in [-0.25, -0.2) is 0 Å². The molecule has 1 amide bonds. The summed E-state index contributed by atoms with van der Waals surface area (Å²) in [5.41, 5.74) is 0. The molecule has 1 aliphatic heterocycles. The third kappa shape index (κ3) is 6.44. The third-order valence-corrected chi connectivity index (χ3v) is 17.1. The molecule has 1 saturated heterocycles. The molecular formula is C28H31BrNO5PS. The molecule has 0 aliphatic carbocycles. The average Bonchev–Trinajstić information content (AvgIpc) is 3.40. The first-order valence-corrected chi connectivity index (χ1v) is 17.6. The zero-order valence-corrected chi connectivity index (χ0v) is 23.8. The third-order valence-electron chi connectivity index (χ3n) is 6.34. The predicted octanol–water partition coefficient (Wildman–Crippen LogP) is 4.23. The Morgan fingerprint density at radius 1 is 0.784 bits per heavy atom. The van der Waals surface area contributed by atoms with E-state index in [1.807, 2.05) is 18.2 Å². The number of esters is 1. The molecule has 0 radical (unpaired) electrons. The van der Waals surface area contributed by atoms with E-state index in [1.54, 1.807) is 0 Å². The normalized spacial score (nSPS) is 16.5. The number of carbonyl (C=O) groups is 2. The molecular weight excluding hydrogens is 573 g/mol. The van der Waals surface area contributed by atoms with Crippen LogP contribution in [0, 0.1) is 0 Å². The molecule has 37 heavy (non-hydrogen) atoms. The summed E-state index contributed by atoms with van der Waals surface area (Å²) in [7, 11) is 0. The van der Waals surface area contributed by atoms with Crippen molar-refractivity contribution in [2.45, 2.75) is 6.04 Å². The van der Waals surface area contributed by atoms with Gasteiger partial charge in [-0.05, 0) is 0 Å². The van der Waals surface area contributed by atoms with Crippen LogP contribution in [-0.2, 0) is 19.0 Å². The van der Waals surface area contributed by atoms with Gasteiger partial charge in [0.2, 0.25) is 0 Å². The quantitative estimate of drug-likeness (QED) is 0.179. The molecule has 4 rings (SSSR count). The summed E-state index contributed by atoms with van der Waals surface area (Å²) in [6.07, 6.45) is 0.784. The fraction of sp³-hybridized carbons (Fsp3) is 0.286. The molecule has 3 aromatic carbocycles. The molecule has 3 aromatic rings. The van der Waals surface area contributed by atoms with Crippen LogP contribution in [0.2, 0.25) is 0 Å². The van der Waals surface area contributed by atoms with Crippen molar-refractivity contribution in [3.8, 4) is 0 Å². The second kappa shape index (κ2) is 13.0. The van der Waals surface area contributed by atoms with Crippen LogP contribution in [0.5, 0.6) is 0 Å². The number of hydrogen-bond acceptors (Lipinski definition) is 6. The van der Waals surface area contributed by atoms with Crippen LogP contribution in [0.15, 0.2) is 91.0 Å². The van der Waals surface area contributed by atoms with E-state index in [0.29, 0.717) is 25.6 Å². The summed E-state index contributed by atoms with van der Waals surface area (Å²) in [5, 5.41) is 3.14. The first-order chi connectivity index (χ1) is 18.0. The monoisotopic (exact) mass is 603 g/mol. The van der Waals surface area contributed by atoms with Gasteiger partial charge >= 0.3 is 209 Å². The molecule has 0 bridgehead atoms. The first kappa shape index (κ1) is 27.8. The Kier molecular flexibility index (Phi) is 9.79. The Morgan fingerprint density at radius 2 is 1.24 bits per heavy atom. The van der Waals surface area contributed by atoms with Crippen molar-refractivity contribution in [3.63, 3.8) is 0 Å². The Bertz CT molecular complexity index is 1070. The molecule has 6 nitrogen and oxygen atoms in total. The van der Waals surface area contributed by atoms with Crippen molar-refractivity contribution >= 4 is 59.7 Å². The van der Waals surface area contributed by atoms with E-state index in [1.165, 1.54) is 15.9 Å². The molecule has 9 heteroatoms. The van der Waals surface area contributed by atoms with Gasteiger partial charge in [0.15, 0.2) is 0 Å². The van der Waals surface area contributed by atoms with E-state index in [0.717, 1.165) is 17.9 Å². The van der Waals surface area contributed by atoms with Gasteiger partial charge in [0.25, 0.3) is 5.24 Å². The number of rotatable bonds is 13. The number of hydrogen-bond donors (Lipinski definition) is 1. The van der Waals surface area contributed by atoms with E-state index in [-0.39, 0.29) is 18.5 Å². The Hall–Kier alpha value is -2.22. The van der Waals surface area contributed by atoms with Gasteiger partial charge in [0, 0.05) is 0 Å². The van der Waals surface area contributed by atoms with Crippen molar-refractivity contribution in [3.05, 3.63) is 91.0 Å². The fourth-order valence-electron chi connectivity index (χ4n) is 4.42. The van der Waals surface area contributed by atoms with Gasteiger partial charge < -0.3 is 0 Å². The van der Waals surface area contributed by atoms with E-state index in [9.17, 15) is 9.59 Å². The molecule has 1 heterocycles. The molecule has 0 aromatic heterocycles. The van der Waals surface area contributed by atoms with Crippen molar-refractivity contribution in [2.24, 2.45) is 0 Å². The topological polar surface area (TPSA) is 73.9 Å². The summed E-state index contributed by atoms with van der Waals surface area (Å²) in [5.74, 6) is -0.0236. The van der Waals surface area contributed by atoms with E-state index < -0.39 is 17.3 Å². The van der Waals surface area contributed by atoms with E-state index in [2.05, 4.69) is 93.6 Å². The summed E-state index contributed by atoms with van der Waals surface area (Å²) >= 11 is 5.50. The Balaban J connectivity index is 1.35. The van der Waals surface area contributed by atoms with Gasteiger partial charge in [0.05, 0.1) is 0 Å². The predicted molar refractivity (Wildman–Crippen MR) is 156 cm³/mol. The van der Waals surface area contributed by atoms with Crippen molar-refractivity contribution in [2.75, 3.05) is 44.9 Å². The van der Waals surface area contributed by atoms with Crippen LogP contribution >= 0.6 is 32.6 Å². The molecule has 196 valence electrons. The standard InChI is InChI=1S/C28H31BrNO5PS/c29-36(23-10-4-1-5-11-23,24-12-6-2-7-13-24,25-14-8-3-9-15-25)21-20-34-17-16-33-18-19-35-27(31)26-22-37-28(32)30-26/h1-15,26H,16-22H2,(H,30,32)/t26-/m0/s1. The number of benzene rings is 3. The van der Waals surface area contributed by atoms with E-state index in [4.69, 9.17) is 14.2 Å². The molecule has 0 saturated carbocycles. The second-order valence-electron chi connectivity index (χ2n) is 8.60. The molecule has 1 atom stereocenters. The van der Waals surface area contributed by atoms with Gasteiger partial charge in [-0.1, -0.05) is 11.8 Å². The minimum atomic E-state index is -2.99. The molecule has 1 fully saturated rings. The molecule has 0 spiro atoms. The number of nitrogens with one attached hydrogen (secondary N) is 1. The summed E-state index contributed by atoms with van der Waals surface area (Å²) in [4.78, 5) is 23.1. The molecule has 1 aliphatic rings. The van der Waals surface area contributed by atoms with Crippen LogP contribution in [0.3, 0.4) is 0 Å². The minimum absolute atomic E-state index is 0.143. The van der Waals surface area contributed by atoms with Crippen LogP contribution in [0.25, 0.3) is 0 Å². The number of halogens is 1. The fourth-order valence-corrected chi connectivity index (χ4v) is 12.3. The number of ether oxygens (including phenoxy) is 3. The van der Waals surface area contributed by atoms with Gasteiger partial charge in [-0.15, -0.1) is 0 Å². The zero-order valence-electron chi connectivity index (χ0n) is 20.5. The number of carbonyl (C=O) groups excluding carboxylic acids is 2. The molecule has 0 unspecified atom stereocenters.